The van der Waals surface area contributed by atoms with Crippen molar-refractivity contribution in [2.24, 2.45) is 0 Å². The van der Waals surface area contributed by atoms with Gasteiger partial charge in [0.05, 0.1) is 10.0 Å². The summed E-state index contributed by atoms with van der Waals surface area (Å²) in [5.41, 5.74) is 0. The molecule has 0 bridgehead atoms. The van der Waals surface area contributed by atoms with Crippen LogP contribution in [0.25, 0.3) is 9.66 Å². The van der Waals surface area contributed by atoms with E-state index in [4.69, 9.17) is 0 Å². The molecule has 0 N–H and O–H groups in total. The second kappa shape index (κ2) is 2.00. The van der Waals surface area contributed by atoms with Gasteiger partial charge in [0.1, 0.15) is 0 Å². The van der Waals surface area contributed by atoms with Gasteiger partial charge < -0.3 is 0 Å². The van der Waals surface area contributed by atoms with Crippen molar-refractivity contribution >= 4 is 32.3 Å². The minimum absolute atomic E-state index is 1.08. The number of aromatic nitrogens is 2. The summed E-state index contributed by atoms with van der Waals surface area (Å²) in [6.07, 6.45) is 0. The molecule has 0 saturated heterocycles. The number of thiazole rings is 2. The normalized spacial score (nSPS) is 11.0. The number of hydrogen-bond donors (Lipinski definition) is 0. The average Bonchev–Trinajstić information content (AvgIpc) is 2.21. The third kappa shape index (κ3) is 0.839. The molecular weight excluding hydrogens is 164 g/mol. The Bertz CT molecular complexity index is 298. The highest BCUT2D eigenvalue weighted by Gasteiger charge is 2.03. The van der Waals surface area contributed by atoms with Crippen LogP contribution in [0.15, 0.2) is 0 Å². The van der Waals surface area contributed by atoms with Gasteiger partial charge in [0, 0.05) is 0 Å². The van der Waals surface area contributed by atoms with Gasteiger partial charge in [-0.05, 0) is 13.8 Å². The highest BCUT2D eigenvalue weighted by Crippen LogP contribution is 2.25. The molecule has 2 heterocycles. The SMILES string of the molecule is Cc1nc2sc(C)nc2s1. The van der Waals surface area contributed by atoms with Crippen molar-refractivity contribution in [2.45, 2.75) is 13.8 Å². The summed E-state index contributed by atoms with van der Waals surface area (Å²) in [5.74, 6) is 0. The quantitative estimate of drug-likeness (QED) is 0.606. The molecule has 2 rings (SSSR count). The molecule has 0 aromatic carbocycles. The fraction of sp³-hybridized carbons (Fsp3) is 0.333. The first-order valence-electron chi connectivity index (χ1n) is 2.96. The molecule has 0 atom stereocenters. The summed E-state index contributed by atoms with van der Waals surface area (Å²) < 4.78 is 0. The molecule has 4 heteroatoms. The molecule has 0 aliphatic rings. The Morgan fingerprint density at radius 3 is 1.70 bits per heavy atom. The molecule has 0 fully saturated rings. The molecule has 0 spiro atoms. The molecule has 0 aliphatic carbocycles. The minimum Gasteiger partial charge on any atom is -0.229 e. The van der Waals surface area contributed by atoms with Gasteiger partial charge >= 0.3 is 0 Å². The number of rotatable bonds is 0. The van der Waals surface area contributed by atoms with Crippen molar-refractivity contribution in [3.05, 3.63) is 10.0 Å². The van der Waals surface area contributed by atoms with E-state index in [1.807, 2.05) is 13.8 Å². The zero-order valence-electron chi connectivity index (χ0n) is 5.71. The van der Waals surface area contributed by atoms with Gasteiger partial charge in [0.25, 0.3) is 0 Å². The molecule has 0 saturated carbocycles. The molecule has 0 radical (unpaired) electrons. The first-order chi connectivity index (χ1) is 4.75. The fourth-order valence-electron chi connectivity index (χ4n) is 0.840. The predicted molar refractivity (Wildman–Crippen MR) is 44.8 cm³/mol. The van der Waals surface area contributed by atoms with Crippen LogP contribution in [0.3, 0.4) is 0 Å². The smallest absolute Gasteiger partial charge is 0.155 e. The summed E-state index contributed by atoms with van der Waals surface area (Å²) >= 11 is 3.32. The Labute approximate surface area is 66.6 Å². The average molecular weight is 170 g/mol. The van der Waals surface area contributed by atoms with E-state index >= 15 is 0 Å². The maximum Gasteiger partial charge on any atom is 0.155 e. The van der Waals surface area contributed by atoms with Crippen molar-refractivity contribution in [3.63, 3.8) is 0 Å². The third-order valence-electron chi connectivity index (χ3n) is 1.19. The van der Waals surface area contributed by atoms with E-state index in [0.717, 1.165) is 19.7 Å². The summed E-state index contributed by atoms with van der Waals surface area (Å²) in [6, 6.07) is 0. The predicted octanol–water partition coefficient (Wildman–Crippen LogP) is 2.37. The lowest BCUT2D eigenvalue weighted by Crippen LogP contribution is -1.61. The monoisotopic (exact) mass is 170 g/mol. The Kier molecular flexibility index (Phi) is 1.25. The molecule has 0 amide bonds. The molecule has 10 heavy (non-hydrogen) atoms. The third-order valence-corrected chi connectivity index (χ3v) is 3.05. The fourth-order valence-corrected chi connectivity index (χ4v) is 2.67. The van der Waals surface area contributed by atoms with Crippen molar-refractivity contribution in [1.29, 1.82) is 0 Å². The van der Waals surface area contributed by atoms with Gasteiger partial charge in [-0.15, -0.1) is 0 Å². The van der Waals surface area contributed by atoms with E-state index in [2.05, 4.69) is 9.97 Å². The van der Waals surface area contributed by atoms with E-state index in [0.29, 0.717) is 0 Å². The summed E-state index contributed by atoms with van der Waals surface area (Å²) in [5, 5.41) is 2.21. The Morgan fingerprint density at radius 1 is 0.900 bits per heavy atom. The van der Waals surface area contributed by atoms with Gasteiger partial charge in [0.2, 0.25) is 0 Å². The second-order valence-electron chi connectivity index (χ2n) is 2.08. The van der Waals surface area contributed by atoms with E-state index in [1.54, 1.807) is 22.7 Å². The van der Waals surface area contributed by atoms with Gasteiger partial charge in [-0.2, -0.15) is 0 Å². The van der Waals surface area contributed by atoms with Crippen LogP contribution < -0.4 is 0 Å². The maximum absolute atomic E-state index is 4.31. The van der Waals surface area contributed by atoms with Crippen molar-refractivity contribution in [1.82, 2.24) is 9.97 Å². The minimum atomic E-state index is 1.08. The van der Waals surface area contributed by atoms with Crippen LogP contribution in [0, 0.1) is 13.8 Å². The standard InChI is InChI=1S/C6H6N2S2/c1-3-7-5-6(9-3)8-4(2)10-5/h1-2H3. The lowest BCUT2D eigenvalue weighted by atomic mass is 10.8. The lowest BCUT2D eigenvalue weighted by Gasteiger charge is -1.73. The van der Waals surface area contributed by atoms with Gasteiger partial charge in [-0.1, -0.05) is 22.7 Å². The molecule has 0 aliphatic heterocycles. The molecule has 2 nitrogen and oxygen atoms in total. The van der Waals surface area contributed by atoms with Crippen molar-refractivity contribution < 1.29 is 0 Å². The number of nitrogens with zero attached hydrogens (tertiary/aromatic N) is 2. The van der Waals surface area contributed by atoms with Crippen LogP contribution in [-0.4, -0.2) is 9.97 Å². The number of fused-ring (bicyclic) bond motifs is 1. The van der Waals surface area contributed by atoms with Crippen molar-refractivity contribution in [2.75, 3.05) is 0 Å². The zero-order chi connectivity index (χ0) is 7.14. The van der Waals surface area contributed by atoms with E-state index in [9.17, 15) is 0 Å². The van der Waals surface area contributed by atoms with Crippen LogP contribution in [0.2, 0.25) is 0 Å². The largest absolute Gasteiger partial charge is 0.229 e. The Balaban J connectivity index is 2.83. The van der Waals surface area contributed by atoms with E-state index < -0.39 is 0 Å². The Hall–Kier alpha value is -0.480. The molecular formula is C6H6N2S2. The van der Waals surface area contributed by atoms with Gasteiger partial charge in [0.15, 0.2) is 9.66 Å². The molecule has 2 aromatic rings. The van der Waals surface area contributed by atoms with E-state index in [1.165, 1.54) is 0 Å². The van der Waals surface area contributed by atoms with Gasteiger partial charge in [-0.3, -0.25) is 0 Å². The highest BCUT2D eigenvalue weighted by atomic mass is 32.1. The summed E-state index contributed by atoms with van der Waals surface area (Å²) in [7, 11) is 0. The highest BCUT2D eigenvalue weighted by molar-refractivity contribution is 7.26. The van der Waals surface area contributed by atoms with E-state index in [-0.39, 0.29) is 0 Å². The van der Waals surface area contributed by atoms with Crippen LogP contribution in [0.1, 0.15) is 10.0 Å². The van der Waals surface area contributed by atoms with Crippen molar-refractivity contribution in [3.8, 4) is 0 Å². The Morgan fingerprint density at radius 2 is 1.30 bits per heavy atom. The number of aryl methyl sites for hydroxylation is 2. The summed E-state index contributed by atoms with van der Waals surface area (Å²) in [6.45, 7) is 4.02. The maximum atomic E-state index is 4.31. The van der Waals surface area contributed by atoms with Gasteiger partial charge in [-0.25, -0.2) is 9.97 Å². The lowest BCUT2D eigenvalue weighted by molar-refractivity contribution is 1.35. The second-order valence-corrected chi connectivity index (χ2v) is 4.44. The van der Waals surface area contributed by atoms with Crippen LogP contribution >= 0.6 is 22.7 Å². The van der Waals surface area contributed by atoms with Crippen LogP contribution in [-0.2, 0) is 0 Å². The van der Waals surface area contributed by atoms with Crippen LogP contribution in [0.4, 0.5) is 0 Å². The van der Waals surface area contributed by atoms with Crippen LogP contribution in [0.5, 0.6) is 0 Å². The summed E-state index contributed by atoms with van der Waals surface area (Å²) in [4.78, 5) is 10.8. The first-order valence-corrected chi connectivity index (χ1v) is 4.59. The molecule has 0 unspecified atom stereocenters. The first kappa shape index (κ1) is 6.24. The molecule has 52 valence electrons. The topological polar surface area (TPSA) is 25.8 Å². The zero-order valence-corrected chi connectivity index (χ0v) is 7.34. The number of hydrogen-bond acceptors (Lipinski definition) is 4. The molecule has 2 aromatic heterocycles.